The molecule has 1 atom stereocenters. The highest BCUT2D eigenvalue weighted by Gasteiger charge is 2.16. The van der Waals surface area contributed by atoms with Gasteiger partial charge in [-0.2, -0.15) is 0 Å². The van der Waals surface area contributed by atoms with E-state index < -0.39 is 12.1 Å². The van der Waals surface area contributed by atoms with E-state index in [4.69, 9.17) is 9.84 Å². The van der Waals surface area contributed by atoms with Crippen LogP contribution in [0.25, 0.3) is 0 Å². The second-order valence-electron chi connectivity index (χ2n) is 4.28. The first-order chi connectivity index (χ1) is 7.95. The highest BCUT2D eigenvalue weighted by molar-refractivity contribution is 5.72. The smallest absolute Gasteiger partial charge is 0.332 e. The van der Waals surface area contributed by atoms with Gasteiger partial charge in [-0.05, 0) is 23.1 Å². The number of ether oxygens (including phenoxy) is 1. The Kier molecular flexibility index (Phi) is 4.52. The van der Waals surface area contributed by atoms with Crippen LogP contribution in [0.3, 0.4) is 0 Å². The molecule has 1 aromatic carbocycles. The molecule has 0 aliphatic rings. The molecule has 0 aromatic heterocycles. The molecule has 0 bridgehead atoms. The van der Waals surface area contributed by atoms with Crippen LogP contribution in [0.5, 0.6) is 5.75 Å². The van der Waals surface area contributed by atoms with E-state index in [0.717, 1.165) is 5.56 Å². The molecule has 0 aliphatic heterocycles. The van der Waals surface area contributed by atoms with Crippen LogP contribution in [-0.4, -0.2) is 29.4 Å². The Morgan fingerprint density at radius 2 is 2.06 bits per heavy atom. The molecule has 0 amide bonds. The number of aliphatic hydroxyl groups is 1. The topological polar surface area (TPSA) is 66.8 Å². The second kappa shape index (κ2) is 5.68. The SMILES string of the molecule is COc1cc(C(C)C)ccc1CC(O)C(=O)O. The van der Waals surface area contributed by atoms with Crippen LogP contribution in [0.1, 0.15) is 30.9 Å². The van der Waals surface area contributed by atoms with Gasteiger partial charge in [-0.15, -0.1) is 0 Å². The van der Waals surface area contributed by atoms with Crippen LogP contribution in [0.4, 0.5) is 0 Å². The lowest BCUT2D eigenvalue weighted by atomic mass is 9.98. The highest BCUT2D eigenvalue weighted by atomic mass is 16.5. The average molecular weight is 238 g/mol. The van der Waals surface area contributed by atoms with Gasteiger partial charge in [-0.25, -0.2) is 4.79 Å². The van der Waals surface area contributed by atoms with Gasteiger partial charge < -0.3 is 14.9 Å². The van der Waals surface area contributed by atoms with Crippen molar-refractivity contribution in [3.63, 3.8) is 0 Å². The molecule has 1 aromatic rings. The van der Waals surface area contributed by atoms with Crippen molar-refractivity contribution in [2.45, 2.75) is 32.3 Å². The van der Waals surface area contributed by atoms with Gasteiger partial charge in [-0.1, -0.05) is 26.0 Å². The summed E-state index contributed by atoms with van der Waals surface area (Å²) in [6.07, 6.45) is -1.34. The predicted molar refractivity (Wildman–Crippen MR) is 64.4 cm³/mol. The van der Waals surface area contributed by atoms with E-state index in [0.29, 0.717) is 17.2 Å². The molecule has 0 heterocycles. The third-order valence-electron chi connectivity index (χ3n) is 2.68. The van der Waals surface area contributed by atoms with Crippen LogP contribution in [-0.2, 0) is 11.2 Å². The van der Waals surface area contributed by atoms with Gasteiger partial charge in [0.15, 0.2) is 6.10 Å². The van der Waals surface area contributed by atoms with Gasteiger partial charge in [0, 0.05) is 6.42 Å². The number of methoxy groups -OCH3 is 1. The fraction of sp³-hybridized carbons (Fsp3) is 0.462. The normalized spacial score (nSPS) is 12.5. The molecule has 1 unspecified atom stereocenters. The third kappa shape index (κ3) is 3.46. The Labute approximate surface area is 101 Å². The fourth-order valence-corrected chi connectivity index (χ4v) is 1.58. The largest absolute Gasteiger partial charge is 0.496 e. The van der Waals surface area contributed by atoms with Crippen molar-refractivity contribution < 1.29 is 19.7 Å². The molecular formula is C13H18O4. The number of aliphatic carboxylic acids is 1. The van der Waals surface area contributed by atoms with Gasteiger partial charge >= 0.3 is 5.97 Å². The lowest BCUT2D eigenvalue weighted by Crippen LogP contribution is -2.22. The zero-order chi connectivity index (χ0) is 13.0. The van der Waals surface area contributed by atoms with E-state index in [1.165, 1.54) is 7.11 Å². The van der Waals surface area contributed by atoms with Crippen LogP contribution < -0.4 is 4.74 Å². The first-order valence-electron chi connectivity index (χ1n) is 5.53. The summed E-state index contributed by atoms with van der Waals surface area (Å²) in [5, 5.41) is 18.0. The predicted octanol–water partition coefficient (Wildman–Crippen LogP) is 1.81. The molecule has 0 spiro atoms. The van der Waals surface area contributed by atoms with E-state index in [1.54, 1.807) is 6.07 Å². The summed E-state index contributed by atoms with van der Waals surface area (Å²) in [6, 6.07) is 5.62. The van der Waals surface area contributed by atoms with Crippen molar-refractivity contribution in [3.05, 3.63) is 29.3 Å². The zero-order valence-electron chi connectivity index (χ0n) is 10.3. The van der Waals surface area contributed by atoms with Crippen LogP contribution in [0.15, 0.2) is 18.2 Å². The van der Waals surface area contributed by atoms with Crippen molar-refractivity contribution in [2.75, 3.05) is 7.11 Å². The van der Waals surface area contributed by atoms with E-state index >= 15 is 0 Å². The Morgan fingerprint density at radius 1 is 1.41 bits per heavy atom. The first-order valence-corrected chi connectivity index (χ1v) is 5.53. The van der Waals surface area contributed by atoms with E-state index in [1.807, 2.05) is 12.1 Å². The van der Waals surface area contributed by atoms with E-state index in [2.05, 4.69) is 13.8 Å². The minimum atomic E-state index is -1.39. The molecule has 0 saturated carbocycles. The number of carboxylic acid groups (broad SMARTS) is 1. The molecule has 0 saturated heterocycles. The number of hydrogen-bond donors (Lipinski definition) is 2. The van der Waals surface area contributed by atoms with Crippen LogP contribution in [0.2, 0.25) is 0 Å². The van der Waals surface area contributed by atoms with Gasteiger partial charge in [0.05, 0.1) is 7.11 Å². The van der Waals surface area contributed by atoms with Gasteiger partial charge in [0.1, 0.15) is 5.75 Å². The maximum atomic E-state index is 10.6. The molecule has 0 aliphatic carbocycles. The number of benzene rings is 1. The Bertz CT molecular complexity index is 398. The molecule has 94 valence electrons. The summed E-state index contributed by atoms with van der Waals surface area (Å²) in [7, 11) is 1.54. The molecule has 17 heavy (non-hydrogen) atoms. The minimum absolute atomic E-state index is 0.0525. The van der Waals surface area contributed by atoms with Crippen molar-refractivity contribution in [2.24, 2.45) is 0 Å². The van der Waals surface area contributed by atoms with Crippen molar-refractivity contribution in [1.29, 1.82) is 0 Å². The third-order valence-corrected chi connectivity index (χ3v) is 2.68. The Hall–Kier alpha value is -1.55. The van der Waals surface area contributed by atoms with Crippen molar-refractivity contribution >= 4 is 5.97 Å². The minimum Gasteiger partial charge on any atom is -0.496 e. The maximum absolute atomic E-state index is 10.6. The molecular weight excluding hydrogens is 220 g/mol. The number of aliphatic hydroxyl groups excluding tert-OH is 1. The first kappa shape index (κ1) is 13.5. The number of carbonyl (C=O) groups is 1. The van der Waals surface area contributed by atoms with Gasteiger partial charge in [0.25, 0.3) is 0 Å². The quantitative estimate of drug-likeness (QED) is 0.821. The molecule has 0 radical (unpaired) electrons. The number of hydrogen-bond acceptors (Lipinski definition) is 3. The standard InChI is InChI=1S/C13H18O4/c1-8(2)9-4-5-10(12(7-9)17-3)6-11(14)13(15)16/h4-5,7-8,11,14H,6H2,1-3H3,(H,15,16). The summed E-state index contributed by atoms with van der Waals surface area (Å²) in [5.74, 6) is -0.223. The zero-order valence-corrected chi connectivity index (χ0v) is 10.3. The number of rotatable bonds is 5. The van der Waals surface area contributed by atoms with Gasteiger partial charge in [-0.3, -0.25) is 0 Å². The molecule has 0 fully saturated rings. The van der Waals surface area contributed by atoms with Crippen LogP contribution in [0, 0.1) is 0 Å². The van der Waals surface area contributed by atoms with E-state index in [-0.39, 0.29) is 6.42 Å². The fourth-order valence-electron chi connectivity index (χ4n) is 1.58. The second-order valence-corrected chi connectivity index (χ2v) is 4.28. The van der Waals surface area contributed by atoms with Crippen molar-refractivity contribution in [3.8, 4) is 5.75 Å². The summed E-state index contributed by atoms with van der Waals surface area (Å²) in [5.41, 5.74) is 1.82. The molecule has 4 heteroatoms. The average Bonchev–Trinajstić information content (AvgIpc) is 2.28. The maximum Gasteiger partial charge on any atom is 0.332 e. The lowest BCUT2D eigenvalue weighted by Gasteiger charge is -2.13. The molecule has 1 rings (SSSR count). The summed E-state index contributed by atoms with van der Waals surface area (Å²) >= 11 is 0. The highest BCUT2D eigenvalue weighted by Crippen LogP contribution is 2.25. The number of carboxylic acids is 1. The Morgan fingerprint density at radius 3 is 2.53 bits per heavy atom. The summed E-state index contributed by atoms with van der Waals surface area (Å²) in [6.45, 7) is 4.14. The van der Waals surface area contributed by atoms with Crippen molar-refractivity contribution in [1.82, 2.24) is 0 Å². The summed E-state index contributed by atoms with van der Waals surface area (Å²) < 4.78 is 5.21. The van der Waals surface area contributed by atoms with Crippen LogP contribution >= 0.6 is 0 Å². The monoisotopic (exact) mass is 238 g/mol. The lowest BCUT2D eigenvalue weighted by molar-refractivity contribution is -0.146. The van der Waals surface area contributed by atoms with E-state index in [9.17, 15) is 9.90 Å². The summed E-state index contributed by atoms with van der Waals surface area (Å²) in [4.78, 5) is 10.6. The molecule has 2 N–H and O–H groups in total. The Balaban J connectivity index is 2.96. The van der Waals surface area contributed by atoms with Gasteiger partial charge in [0.2, 0.25) is 0 Å². The molecule has 4 nitrogen and oxygen atoms in total.